The molecule has 9 heteroatoms. The number of fused-ring (bicyclic) bond motifs is 2. The Bertz CT molecular complexity index is 1390. The maximum Gasteiger partial charge on any atom is 0.573 e. The van der Waals surface area contributed by atoms with Crippen molar-refractivity contribution in [3.8, 4) is 16.9 Å². The van der Waals surface area contributed by atoms with Crippen molar-refractivity contribution in [1.29, 1.82) is 0 Å². The number of halogens is 3. The van der Waals surface area contributed by atoms with E-state index in [1.54, 1.807) is 30.1 Å². The van der Waals surface area contributed by atoms with Crippen LogP contribution in [0.5, 0.6) is 5.75 Å². The van der Waals surface area contributed by atoms with Gasteiger partial charge in [0.2, 0.25) is 5.91 Å². The van der Waals surface area contributed by atoms with E-state index in [2.05, 4.69) is 4.74 Å². The zero-order valence-corrected chi connectivity index (χ0v) is 18.8. The topological polar surface area (TPSA) is 68.6 Å². The largest absolute Gasteiger partial charge is 0.573 e. The van der Waals surface area contributed by atoms with Crippen LogP contribution in [0.4, 0.5) is 13.2 Å². The number of nitrogens with zero attached hydrogens (tertiary/aromatic N) is 2. The molecule has 0 fully saturated rings. The van der Waals surface area contributed by atoms with Crippen molar-refractivity contribution in [3.63, 3.8) is 0 Å². The van der Waals surface area contributed by atoms with Crippen molar-refractivity contribution in [2.75, 3.05) is 6.54 Å². The number of aromatic nitrogens is 1. The van der Waals surface area contributed by atoms with Crippen molar-refractivity contribution in [1.82, 2.24) is 9.47 Å². The van der Waals surface area contributed by atoms with Gasteiger partial charge in [0.05, 0.1) is 5.92 Å². The summed E-state index contributed by atoms with van der Waals surface area (Å²) in [4.78, 5) is 40.4. The van der Waals surface area contributed by atoms with Crippen LogP contribution in [0.2, 0.25) is 0 Å². The van der Waals surface area contributed by atoms with Gasteiger partial charge in [-0.1, -0.05) is 36.4 Å². The molecule has 0 spiro atoms. The number of hydrogen-bond acceptors (Lipinski definition) is 4. The minimum absolute atomic E-state index is 0.0426. The third-order valence-corrected chi connectivity index (χ3v) is 6.64. The Hall–Kier alpha value is -3.88. The second-order valence-electron chi connectivity index (χ2n) is 8.74. The Morgan fingerprint density at radius 1 is 1.03 bits per heavy atom. The lowest BCUT2D eigenvalue weighted by atomic mass is 9.96. The molecule has 1 atom stereocenters. The smallest absolute Gasteiger partial charge is 0.406 e. The maximum atomic E-state index is 13.4. The number of hydrogen-bond donors (Lipinski definition) is 0. The quantitative estimate of drug-likeness (QED) is 0.561. The highest BCUT2D eigenvalue weighted by molar-refractivity contribution is 6.06. The van der Waals surface area contributed by atoms with Crippen molar-refractivity contribution in [2.45, 2.75) is 31.7 Å². The fraction of sp³-hybridized carbons (Fsp3) is 0.269. The van der Waals surface area contributed by atoms with E-state index in [1.165, 1.54) is 16.7 Å². The number of Topliss-reactive ketones (excluding diaryl/α,β-unsaturated/α-hetero) is 1. The van der Waals surface area contributed by atoms with Gasteiger partial charge in [0.1, 0.15) is 5.75 Å². The maximum absolute atomic E-state index is 13.4. The van der Waals surface area contributed by atoms with Gasteiger partial charge in [-0.2, -0.15) is 0 Å². The number of carbonyl (C=O) groups is 2. The van der Waals surface area contributed by atoms with E-state index in [1.807, 2.05) is 12.1 Å². The first kappa shape index (κ1) is 22.9. The lowest BCUT2D eigenvalue weighted by molar-refractivity contribution is -0.274. The molecule has 35 heavy (non-hydrogen) atoms. The van der Waals surface area contributed by atoms with Gasteiger partial charge in [-0.3, -0.25) is 14.4 Å². The van der Waals surface area contributed by atoms with Gasteiger partial charge < -0.3 is 14.2 Å². The number of ether oxygens (including phenoxy) is 1. The molecular weight excluding hydrogens is 461 g/mol. The van der Waals surface area contributed by atoms with Crippen LogP contribution in [0.25, 0.3) is 11.1 Å². The van der Waals surface area contributed by atoms with E-state index < -0.39 is 12.3 Å². The molecule has 5 rings (SSSR count). The van der Waals surface area contributed by atoms with Crippen LogP contribution in [-0.2, 0) is 24.8 Å². The molecule has 180 valence electrons. The minimum Gasteiger partial charge on any atom is -0.406 e. The summed E-state index contributed by atoms with van der Waals surface area (Å²) in [6.07, 6.45) is -4.18. The average Bonchev–Trinajstić information content (AvgIpc) is 3.17. The standard InChI is InChI=1S/C26H21F3N2O4/c1-30-22-10-11-31(25(34)21-13-23(32)19-5-3-2-4-18(19)21)14-16(22)12-20(24(30)33)15-6-8-17(9-7-15)35-26(27,28)29/h2-9,12,21H,10-11,13-14H2,1H3. The van der Waals surface area contributed by atoms with Crippen molar-refractivity contribution < 1.29 is 27.5 Å². The molecule has 1 aromatic heterocycles. The highest BCUT2D eigenvalue weighted by Crippen LogP contribution is 2.35. The molecule has 6 nitrogen and oxygen atoms in total. The lowest BCUT2D eigenvalue weighted by Gasteiger charge is -2.32. The highest BCUT2D eigenvalue weighted by Gasteiger charge is 2.37. The van der Waals surface area contributed by atoms with Crippen LogP contribution < -0.4 is 10.3 Å². The van der Waals surface area contributed by atoms with E-state index in [9.17, 15) is 27.6 Å². The predicted octanol–water partition coefficient (Wildman–Crippen LogP) is 4.21. The number of amides is 1. The molecule has 0 radical (unpaired) electrons. The Kier molecular flexibility index (Phi) is 5.50. The van der Waals surface area contributed by atoms with E-state index >= 15 is 0 Å². The molecule has 2 aromatic carbocycles. The van der Waals surface area contributed by atoms with Crippen LogP contribution >= 0.6 is 0 Å². The second-order valence-corrected chi connectivity index (χ2v) is 8.74. The first-order chi connectivity index (χ1) is 16.6. The summed E-state index contributed by atoms with van der Waals surface area (Å²) in [7, 11) is 1.65. The monoisotopic (exact) mass is 482 g/mol. The summed E-state index contributed by atoms with van der Waals surface area (Å²) in [5, 5.41) is 0. The molecule has 1 aliphatic heterocycles. The second kappa shape index (κ2) is 8.41. The van der Waals surface area contributed by atoms with Gasteiger partial charge in [-0.05, 0) is 34.9 Å². The van der Waals surface area contributed by atoms with Gasteiger partial charge in [0.15, 0.2) is 5.78 Å². The average molecular weight is 482 g/mol. The number of benzene rings is 2. The molecule has 0 N–H and O–H groups in total. The molecule has 0 saturated carbocycles. The van der Waals surface area contributed by atoms with E-state index in [4.69, 9.17) is 0 Å². The molecule has 3 aromatic rings. The van der Waals surface area contributed by atoms with Crippen molar-refractivity contribution in [3.05, 3.63) is 87.3 Å². The normalized spacial score (nSPS) is 17.2. The summed E-state index contributed by atoms with van der Waals surface area (Å²) in [5.41, 5.74) is 3.42. The van der Waals surface area contributed by atoms with Crippen LogP contribution in [0.1, 0.15) is 39.5 Å². The SMILES string of the molecule is Cn1c2c(cc(-c3ccc(OC(F)(F)F)cc3)c1=O)CN(C(=O)C1CC(=O)c3ccccc31)CC2. The van der Waals surface area contributed by atoms with Gasteiger partial charge in [-0.25, -0.2) is 0 Å². The zero-order chi connectivity index (χ0) is 24.9. The van der Waals surface area contributed by atoms with Gasteiger partial charge in [-0.15, -0.1) is 13.2 Å². The minimum atomic E-state index is -4.80. The lowest BCUT2D eigenvalue weighted by Crippen LogP contribution is -2.41. The highest BCUT2D eigenvalue weighted by atomic mass is 19.4. The Balaban J connectivity index is 1.43. The van der Waals surface area contributed by atoms with Crippen LogP contribution in [0, 0.1) is 0 Å². The molecular formula is C26H21F3N2O4. The van der Waals surface area contributed by atoms with E-state index in [0.717, 1.165) is 29.0 Å². The summed E-state index contributed by atoms with van der Waals surface area (Å²) < 4.78 is 42.8. The molecule has 0 saturated heterocycles. The molecule has 2 aliphatic rings. The van der Waals surface area contributed by atoms with Crippen LogP contribution in [0.3, 0.4) is 0 Å². The number of ketones is 1. The molecule has 0 bridgehead atoms. The first-order valence-corrected chi connectivity index (χ1v) is 11.1. The Labute approximate surface area is 198 Å². The molecule has 1 unspecified atom stereocenters. The Morgan fingerprint density at radius 2 is 1.74 bits per heavy atom. The molecule has 1 aliphatic carbocycles. The summed E-state index contributed by atoms with van der Waals surface area (Å²) in [6.45, 7) is 0.701. The summed E-state index contributed by atoms with van der Waals surface area (Å²) >= 11 is 0. The zero-order valence-electron chi connectivity index (χ0n) is 18.8. The number of pyridine rings is 1. The van der Waals surface area contributed by atoms with Crippen LogP contribution in [0.15, 0.2) is 59.4 Å². The third-order valence-electron chi connectivity index (χ3n) is 6.64. The number of carbonyl (C=O) groups excluding carboxylic acids is 2. The van der Waals surface area contributed by atoms with Crippen molar-refractivity contribution >= 4 is 11.7 Å². The van der Waals surface area contributed by atoms with E-state index in [0.29, 0.717) is 29.7 Å². The van der Waals surface area contributed by atoms with Crippen molar-refractivity contribution in [2.24, 2.45) is 7.05 Å². The predicted molar refractivity (Wildman–Crippen MR) is 121 cm³/mol. The number of alkyl halides is 3. The fourth-order valence-corrected chi connectivity index (χ4v) is 4.96. The summed E-state index contributed by atoms with van der Waals surface area (Å²) in [6, 6.07) is 14.0. The molecule has 2 heterocycles. The van der Waals surface area contributed by atoms with Gasteiger partial charge >= 0.3 is 6.36 Å². The third kappa shape index (κ3) is 4.22. The first-order valence-electron chi connectivity index (χ1n) is 11.1. The summed E-state index contributed by atoms with van der Waals surface area (Å²) in [5.74, 6) is -1.07. The van der Waals surface area contributed by atoms with Gasteiger partial charge in [0.25, 0.3) is 5.56 Å². The van der Waals surface area contributed by atoms with Gasteiger partial charge in [0, 0.05) is 49.8 Å². The van der Waals surface area contributed by atoms with E-state index in [-0.39, 0.29) is 36.0 Å². The fourth-order valence-electron chi connectivity index (χ4n) is 4.96. The number of rotatable bonds is 3. The Morgan fingerprint density at radius 3 is 2.46 bits per heavy atom. The molecule has 1 amide bonds. The van der Waals surface area contributed by atoms with Crippen LogP contribution in [-0.4, -0.2) is 34.1 Å².